The predicted octanol–water partition coefficient (Wildman–Crippen LogP) is 1.85. The summed E-state index contributed by atoms with van der Waals surface area (Å²) in [4.78, 5) is 4.32. The van der Waals surface area contributed by atoms with Crippen LogP contribution in [0, 0.1) is 0 Å². The minimum absolute atomic E-state index is 0.382. The molecule has 0 aliphatic carbocycles. The molecule has 1 fully saturated rings. The smallest absolute Gasteiger partial charge is 0.0570 e. The Bertz CT molecular complexity index is 259. The molecular formula is C10H14N2S. The van der Waals surface area contributed by atoms with E-state index in [1.54, 1.807) is 0 Å². The molecule has 1 aliphatic rings. The summed E-state index contributed by atoms with van der Waals surface area (Å²) in [6.45, 7) is 2.17. The molecule has 1 saturated heterocycles. The van der Waals surface area contributed by atoms with E-state index in [4.69, 9.17) is 0 Å². The van der Waals surface area contributed by atoms with Crippen LogP contribution in [0.2, 0.25) is 0 Å². The fourth-order valence-electron chi connectivity index (χ4n) is 1.40. The van der Waals surface area contributed by atoms with Crippen LogP contribution in [-0.2, 0) is 0 Å². The monoisotopic (exact) mass is 194 g/mol. The number of pyridine rings is 1. The van der Waals surface area contributed by atoms with Gasteiger partial charge in [-0.1, -0.05) is 6.07 Å². The van der Waals surface area contributed by atoms with E-state index >= 15 is 0 Å². The maximum Gasteiger partial charge on any atom is 0.0570 e. The molecule has 1 unspecified atom stereocenters. The van der Waals surface area contributed by atoms with Crippen molar-refractivity contribution in [1.29, 1.82) is 0 Å². The molecule has 0 amide bonds. The molecule has 1 aromatic heterocycles. The van der Waals surface area contributed by atoms with Crippen molar-refractivity contribution in [3.8, 4) is 0 Å². The van der Waals surface area contributed by atoms with Gasteiger partial charge in [-0.3, -0.25) is 4.98 Å². The van der Waals surface area contributed by atoms with E-state index in [2.05, 4.69) is 23.3 Å². The van der Waals surface area contributed by atoms with Crippen LogP contribution in [0.4, 0.5) is 0 Å². The van der Waals surface area contributed by atoms with Crippen molar-refractivity contribution in [1.82, 2.24) is 10.3 Å². The lowest BCUT2D eigenvalue weighted by molar-refractivity contribution is 0.494. The highest BCUT2D eigenvalue weighted by molar-refractivity contribution is 8.00. The zero-order chi connectivity index (χ0) is 9.10. The van der Waals surface area contributed by atoms with E-state index in [0.717, 1.165) is 5.69 Å². The van der Waals surface area contributed by atoms with Gasteiger partial charge in [-0.25, -0.2) is 0 Å². The Labute approximate surface area is 83.1 Å². The minimum atomic E-state index is 0.382. The predicted molar refractivity (Wildman–Crippen MR) is 56.9 cm³/mol. The van der Waals surface area contributed by atoms with Crippen molar-refractivity contribution in [2.45, 2.75) is 19.0 Å². The third-order valence-corrected chi connectivity index (χ3v) is 3.53. The van der Waals surface area contributed by atoms with Gasteiger partial charge in [0.05, 0.1) is 5.69 Å². The second-order valence-corrected chi connectivity index (χ2v) is 4.45. The molecular weight excluding hydrogens is 180 g/mol. The lowest BCUT2D eigenvalue weighted by Gasteiger charge is -2.29. The second kappa shape index (κ2) is 4.11. The average Bonchev–Trinajstić information content (AvgIpc) is 2.12. The van der Waals surface area contributed by atoms with Gasteiger partial charge >= 0.3 is 0 Å². The highest BCUT2D eigenvalue weighted by Crippen LogP contribution is 2.20. The number of nitrogens with one attached hydrogen (secondary N) is 1. The fraction of sp³-hybridized carbons (Fsp3) is 0.500. The Morgan fingerprint density at radius 1 is 1.54 bits per heavy atom. The SMILES string of the molecule is CC(NC1CSC1)c1ccccn1. The Kier molecular flexibility index (Phi) is 2.86. The lowest BCUT2D eigenvalue weighted by atomic mass is 10.2. The maximum atomic E-state index is 4.32. The molecule has 13 heavy (non-hydrogen) atoms. The minimum Gasteiger partial charge on any atom is -0.304 e. The third kappa shape index (κ3) is 2.23. The van der Waals surface area contributed by atoms with Crippen LogP contribution in [0.3, 0.4) is 0 Å². The lowest BCUT2D eigenvalue weighted by Crippen LogP contribution is -2.41. The van der Waals surface area contributed by atoms with Crippen molar-refractivity contribution in [3.05, 3.63) is 30.1 Å². The number of aromatic nitrogens is 1. The van der Waals surface area contributed by atoms with Crippen LogP contribution in [0.1, 0.15) is 18.7 Å². The molecule has 1 N–H and O–H groups in total. The molecule has 0 aromatic carbocycles. The molecule has 0 bridgehead atoms. The standard InChI is InChI=1S/C10H14N2S/c1-8(12-9-6-13-7-9)10-4-2-3-5-11-10/h2-5,8-9,12H,6-7H2,1H3. The maximum absolute atomic E-state index is 4.32. The first kappa shape index (κ1) is 9.03. The quantitative estimate of drug-likeness (QED) is 0.795. The molecule has 70 valence electrons. The Balaban J connectivity index is 1.92. The molecule has 0 radical (unpaired) electrons. The van der Waals surface area contributed by atoms with Gasteiger partial charge < -0.3 is 5.32 Å². The van der Waals surface area contributed by atoms with Gasteiger partial charge in [0.1, 0.15) is 0 Å². The zero-order valence-electron chi connectivity index (χ0n) is 7.73. The molecule has 2 heterocycles. The third-order valence-electron chi connectivity index (χ3n) is 2.26. The van der Waals surface area contributed by atoms with Gasteiger partial charge in [0.15, 0.2) is 0 Å². The van der Waals surface area contributed by atoms with E-state index < -0.39 is 0 Å². The normalized spacial score (nSPS) is 19.5. The Morgan fingerprint density at radius 2 is 2.38 bits per heavy atom. The van der Waals surface area contributed by atoms with Gasteiger partial charge in [0, 0.05) is 29.8 Å². The molecule has 2 rings (SSSR count). The van der Waals surface area contributed by atoms with Gasteiger partial charge in [-0.2, -0.15) is 11.8 Å². The first-order valence-corrected chi connectivity index (χ1v) is 5.76. The summed E-state index contributed by atoms with van der Waals surface area (Å²) in [5, 5.41) is 3.55. The van der Waals surface area contributed by atoms with Crippen LogP contribution in [-0.4, -0.2) is 22.5 Å². The summed E-state index contributed by atoms with van der Waals surface area (Å²) in [7, 11) is 0. The molecule has 1 aromatic rings. The molecule has 0 saturated carbocycles. The fourth-order valence-corrected chi connectivity index (χ4v) is 2.07. The Hall–Kier alpha value is -0.540. The number of nitrogens with zero attached hydrogens (tertiary/aromatic N) is 1. The topological polar surface area (TPSA) is 24.9 Å². The molecule has 2 nitrogen and oxygen atoms in total. The Morgan fingerprint density at radius 3 is 2.92 bits per heavy atom. The van der Waals surface area contributed by atoms with Gasteiger partial charge in [0.2, 0.25) is 0 Å². The molecule has 3 heteroatoms. The summed E-state index contributed by atoms with van der Waals surface area (Å²) < 4.78 is 0. The van der Waals surface area contributed by atoms with Crippen molar-refractivity contribution in [3.63, 3.8) is 0 Å². The number of thioether (sulfide) groups is 1. The first-order chi connectivity index (χ1) is 6.36. The van der Waals surface area contributed by atoms with Gasteiger partial charge in [-0.15, -0.1) is 0 Å². The van der Waals surface area contributed by atoms with Crippen molar-refractivity contribution in [2.24, 2.45) is 0 Å². The first-order valence-electron chi connectivity index (χ1n) is 4.61. The van der Waals surface area contributed by atoms with E-state index in [1.807, 2.05) is 30.1 Å². The molecule has 0 spiro atoms. The van der Waals surface area contributed by atoms with E-state index in [0.29, 0.717) is 12.1 Å². The van der Waals surface area contributed by atoms with E-state index in [-0.39, 0.29) is 0 Å². The van der Waals surface area contributed by atoms with Gasteiger partial charge in [-0.05, 0) is 19.1 Å². The largest absolute Gasteiger partial charge is 0.304 e. The van der Waals surface area contributed by atoms with Crippen LogP contribution in [0.25, 0.3) is 0 Å². The van der Waals surface area contributed by atoms with Crippen molar-refractivity contribution >= 4 is 11.8 Å². The van der Waals surface area contributed by atoms with Crippen LogP contribution in [0.5, 0.6) is 0 Å². The average molecular weight is 194 g/mol. The second-order valence-electron chi connectivity index (χ2n) is 3.38. The van der Waals surface area contributed by atoms with Crippen LogP contribution in [0.15, 0.2) is 24.4 Å². The van der Waals surface area contributed by atoms with Crippen LogP contribution < -0.4 is 5.32 Å². The highest BCUT2D eigenvalue weighted by atomic mass is 32.2. The van der Waals surface area contributed by atoms with E-state index in [9.17, 15) is 0 Å². The highest BCUT2D eigenvalue weighted by Gasteiger charge is 2.20. The summed E-state index contributed by atoms with van der Waals surface area (Å²) in [6.07, 6.45) is 1.85. The summed E-state index contributed by atoms with van der Waals surface area (Å²) in [5.74, 6) is 2.49. The molecule has 1 aliphatic heterocycles. The van der Waals surface area contributed by atoms with Crippen molar-refractivity contribution in [2.75, 3.05) is 11.5 Å². The van der Waals surface area contributed by atoms with Crippen molar-refractivity contribution < 1.29 is 0 Å². The van der Waals surface area contributed by atoms with E-state index in [1.165, 1.54) is 11.5 Å². The molecule has 1 atom stereocenters. The zero-order valence-corrected chi connectivity index (χ0v) is 8.55. The summed E-state index contributed by atoms with van der Waals surface area (Å²) in [5.41, 5.74) is 1.14. The summed E-state index contributed by atoms with van der Waals surface area (Å²) >= 11 is 2.00. The number of rotatable bonds is 3. The number of hydrogen-bond donors (Lipinski definition) is 1. The summed E-state index contributed by atoms with van der Waals surface area (Å²) in [6, 6.07) is 7.14. The number of hydrogen-bond acceptors (Lipinski definition) is 3. The van der Waals surface area contributed by atoms with Gasteiger partial charge in [0.25, 0.3) is 0 Å². The van der Waals surface area contributed by atoms with Crippen LogP contribution >= 0.6 is 11.8 Å².